The lowest BCUT2D eigenvalue weighted by Gasteiger charge is -2.12. The predicted octanol–water partition coefficient (Wildman–Crippen LogP) is 15.4. The standard InChI is InChI=1S/C58H37N5S/c1-4-14-37(15-5-1)55-45-30-33-52-54(53(45)44-21-10-12-22-48(44)59-55)47-34-40(29-32-51(47)64-52)36-24-26-39(27-25-36)57-60-56(38-16-6-2-7-17-38)61-58(62-57)41-28-31-50-46(35-41)43-20-11-13-23-49(43)63(50)42-18-8-3-9-19-42/h1,3-6,8-35H,2,7H2. The van der Waals surface area contributed by atoms with E-state index in [-0.39, 0.29) is 0 Å². The van der Waals surface area contributed by atoms with Crippen molar-refractivity contribution in [3.63, 3.8) is 0 Å². The molecule has 12 aromatic rings. The molecule has 0 fully saturated rings. The predicted molar refractivity (Wildman–Crippen MR) is 268 cm³/mol. The lowest BCUT2D eigenvalue weighted by molar-refractivity contribution is 1.01. The third kappa shape index (κ3) is 5.98. The van der Waals surface area contributed by atoms with Crippen LogP contribution in [0.5, 0.6) is 0 Å². The quantitative estimate of drug-likeness (QED) is 0.157. The van der Waals surface area contributed by atoms with Gasteiger partial charge in [-0.25, -0.2) is 19.9 Å². The number of aromatic nitrogens is 5. The first-order valence-electron chi connectivity index (χ1n) is 21.8. The molecule has 4 heterocycles. The van der Waals surface area contributed by atoms with Crippen LogP contribution in [0.3, 0.4) is 0 Å². The summed E-state index contributed by atoms with van der Waals surface area (Å²) in [4.78, 5) is 20.6. The Bertz CT molecular complexity index is 3880. The number of hydrogen-bond acceptors (Lipinski definition) is 5. The topological polar surface area (TPSA) is 56.5 Å². The van der Waals surface area contributed by atoms with Gasteiger partial charge in [0.15, 0.2) is 17.5 Å². The van der Waals surface area contributed by atoms with E-state index in [1.54, 1.807) is 0 Å². The van der Waals surface area contributed by atoms with Crippen LogP contribution < -0.4 is 0 Å². The Kier molecular flexibility index (Phi) is 8.46. The van der Waals surface area contributed by atoms with E-state index < -0.39 is 0 Å². The molecule has 13 rings (SSSR count). The van der Waals surface area contributed by atoms with Crippen molar-refractivity contribution in [2.75, 3.05) is 0 Å². The normalized spacial score (nSPS) is 12.9. The molecule has 64 heavy (non-hydrogen) atoms. The minimum absolute atomic E-state index is 0.652. The highest BCUT2D eigenvalue weighted by molar-refractivity contribution is 7.26. The molecular weight excluding hydrogens is 799 g/mol. The number of rotatable bonds is 6. The van der Waals surface area contributed by atoms with Gasteiger partial charge in [-0.15, -0.1) is 11.3 Å². The molecule has 0 atom stereocenters. The number of para-hydroxylation sites is 3. The van der Waals surface area contributed by atoms with E-state index in [2.05, 4.69) is 205 Å². The molecule has 0 N–H and O–H groups in total. The van der Waals surface area contributed by atoms with Gasteiger partial charge in [0.1, 0.15) is 0 Å². The van der Waals surface area contributed by atoms with Crippen LogP contribution in [-0.2, 0) is 0 Å². The monoisotopic (exact) mass is 835 g/mol. The van der Waals surface area contributed by atoms with Gasteiger partial charge in [-0.3, -0.25) is 0 Å². The van der Waals surface area contributed by atoms with Crippen LogP contribution in [0.1, 0.15) is 18.7 Å². The molecule has 0 amide bonds. The van der Waals surface area contributed by atoms with Crippen molar-refractivity contribution in [3.05, 3.63) is 206 Å². The molecule has 0 spiro atoms. The van der Waals surface area contributed by atoms with E-state index in [1.807, 2.05) is 11.3 Å². The van der Waals surface area contributed by atoms with E-state index >= 15 is 0 Å². The van der Waals surface area contributed by atoms with Crippen molar-refractivity contribution >= 4 is 80.6 Å². The molecule has 8 aromatic carbocycles. The molecule has 6 heteroatoms. The van der Waals surface area contributed by atoms with Crippen LogP contribution in [0.15, 0.2) is 200 Å². The molecule has 0 bridgehead atoms. The zero-order chi connectivity index (χ0) is 42.1. The highest BCUT2D eigenvalue weighted by Gasteiger charge is 2.19. The van der Waals surface area contributed by atoms with Gasteiger partial charge in [0.25, 0.3) is 0 Å². The smallest absolute Gasteiger partial charge is 0.164 e. The SMILES string of the molecule is C1=CC(c2nc(-c3ccc(-c4ccc5sc6ccc7c(-c8ccccc8)nc8ccccc8c7c6c5c4)cc3)nc(-c3ccc4c(c3)c3ccccc3n4-c3ccccc3)n2)=CCC1. The van der Waals surface area contributed by atoms with E-state index in [1.165, 1.54) is 41.7 Å². The van der Waals surface area contributed by atoms with Gasteiger partial charge in [-0.2, -0.15) is 0 Å². The molecule has 0 saturated heterocycles. The molecule has 5 nitrogen and oxygen atoms in total. The van der Waals surface area contributed by atoms with Crippen LogP contribution in [0.4, 0.5) is 0 Å². The third-order valence-corrected chi connectivity index (χ3v) is 13.8. The van der Waals surface area contributed by atoms with Gasteiger partial charge in [0.2, 0.25) is 0 Å². The summed E-state index contributed by atoms with van der Waals surface area (Å²) in [6, 6.07) is 65.0. The summed E-state index contributed by atoms with van der Waals surface area (Å²) in [5, 5.41) is 8.48. The van der Waals surface area contributed by atoms with Crippen molar-refractivity contribution < 1.29 is 0 Å². The van der Waals surface area contributed by atoms with Gasteiger partial charge in [-0.1, -0.05) is 140 Å². The average molecular weight is 836 g/mol. The molecule has 1 aliphatic carbocycles. The zero-order valence-corrected chi connectivity index (χ0v) is 35.4. The second-order valence-electron chi connectivity index (χ2n) is 16.5. The van der Waals surface area contributed by atoms with E-state index in [0.717, 1.165) is 79.5 Å². The van der Waals surface area contributed by atoms with Crippen molar-refractivity contribution in [2.45, 2.75) is 12.8 Å². The van der Waals surface area contributed by atoms with Gasteiger partial charge in [0.05, 0.1) is 22.2 Å². The Hall–Kier alpha value is -8.06. The fourth-order valence-corrected chi connectivity index (χ4v) is 10.7. The fourth-order valence-electron chi connectivity index (χ4n) is 9.63. The summed E-state index contributed by atoms with van der Waals surface area (Å²) in [7, 11) is 0. The minimum Gasteiger partial charge on any atom is -0.309 e. The van der Waals surface area contributed by atoms with Gasteiger partial charge in [0, 0.05) is 75.1 Å². The Morgan fingerprint density at radius 2 is 1.06 bits per heavy atom. The Morgan fingerprint density at radius 1 is 0.406 bits per heavy atom. The van der Waals surface area contributed by atoms with E-state index in [9.17, 15) is 0 Å². The summed E-state index contributed by atoms with van der Waals surface area (Å²) in [5.74, 6) is 1.99. The summed E-state index contributed by atoms with van der Waals surface area (Å²) in [5.41, 5.74) is 11.8. The van der Waals surface area contributed by atoms with Crippen LogP contribution in [-0.4, -0.2) is 24.5 Å². The van der Waals surface area contributed by atoms with Crippen molar-refractivity contribution in [1.82, 2.24) is 24.5 Å². The second-order valence-corrected chi connectivity index (χ2v) is 17.5. The lowest BCUT2D eigenvalue weighted by Crippen LogP contribution is -2.03. The molecule has 1 aliphatic rings. The summed E-state index contributed by atoms with van der Waals surface area (Å²) in [6.45, 7) is 0. The number of thiophene rings is 1. The Balaban J connectivity index is 0.926. The number of fused-ring (bicyclic) bond motifs is 10. The number of hydrogen-bond donors (Lipinski definition) is 0. The Morgan fingerprint density at radius 3 is 1.89 bits per heavy atom. The summed E-state index contributed by atoms with van der Waals surface area (Å²) >= 11 is 1.85. The van der Waals surface area contributed by atoms with Crippen molar-refractivity contribution in [2.24, 2.45) is 0 Å². The first-order valence-corrected chi connectivity index (χ1v) is 22.6. The van der Waals surface area contributed by atoms with Crippen LogP contribution in [0.2, 0.25) is 0 Å². The zero-order valence-electron chi connectivity index (χ0n) is 34.6. The van der Waals surface area contributed by atoms with Crippen LogP contribution in [0.25, 0.3) is 120 Å². The lowest BCUT2D eigenvalue weighted by atomic mass is 9.95. The second kappa shape index (κ2) is 14.8. The maximum absolute atomic E-state index is 5.21. The maximum atomic E-state index is 5.21. The molecule has 0 aliphatic heterocycles. The molecule has 0 saturated carbocycles. The summed E-state index contributed by atoms with van der Waals surface area (Å²) < 4.78 is 4.87. The average Bonchev–Trinajstić information content (AvgIpc) is 3.92. The van der Waals surface area contributed by atoms with Crippen LogP contribution >= 0.6 is 11.3 Å². The number of allylic oxidation sites excluding steroid dienone is 4. The van der Waals surface area contributed by atoms with Crippen LogP contribution in [0, 0.1) is 0 Å². The van der Waals surface area contributed by atoms with Gasteiger partial charge < -0.3 is 4.57 Å². The van der Waals surface area contributed by atoms with Gasteiger partial charge in [-0.05, 0) is 84.6 Å². The largest absolute Gasteiger partial charge is 0.309 e. The summed E-state index contributed by atoms with van der Waals surface area (Å²) in [6.07, 6.45) is 8.56. The first kappa shape index (κ1) is 36.6. The van der Waals surface area contributed by atoms with E-state index in [0.29, 0.717) is 17.5 Å². The molecule has 0 unspecified atom stereocenters. The number of benzene rings is 8. The highest BCUT2D eigenvalue weighted by atomic mass is 32.1. The van der Waals surface area contributed by atoms with Crippen molar-refractivity contribution in [3.8, 4) is 50.8 Å². The number of nitrogens with zero attached hydrogens (tertiary/aromatic N) is 5. The van der Waals surface area contributed by atoms with Crippen molar-refractivity contribution in [1.29, 1.82) is 0 Å². The van der Waals surface area contributed by atoms with Gasteiger partial charge >= 0.3 is 0 Å². The first-order chi connectivity index (χ1) is 31.7. The molecule has 4 aromatic heterocycles. The fraction of sp³-hybridized carbons (Fsp3) is 0.0345. The minimum atomic E-state index is 0.652. The molecular formula is C58H37N5S. The molecule has 0 radical (unpaired) electrons. The molecule has 300 valence electrons. The highest BCUT2D eigenvalue weighted by Crippen LogP contribution is 2.45. The Labute approximate surface area is 373 Å². The third-order valence-electron chi connectivity index (χ3n) is 12.7. The number of pyridine rings is 1. The maximum Gasteiger partial charge on any atom is 0.164 e. The van der Waals surface area contributed by atoms with E-state index in [4.69, 9.17) is 19.9 Å².